The molecule has 0 heterocycles. The molecule has 0 aliphatic heterocycles. The Labute approximate surface area is 122 Å². The minimum absolute atomic E-state index is 0.348. The van der Waals surface area contributed by atoms with Gasteiger partial charge in [-0.15, -0.1) is 0 Å². The van der Waals surface area contributed by atoms with Crippen molar-refractivity contribution in [3.8, 4) is 0 Å². The van der Waals surface area contributed by atoms with E-state index in [-0.39, 0.29) is 0 Å². The predicted octanol–water partition coefficient (Wildman–Crippen LogP) is 4.91. The van der Waals surface area contributed by atoms with Crippen molar-refractivity contribution in [1.82, 2.24) is 0 Å². The van der Waals surface area contributed by atoms with Crippen molar-refractivity contribution in [2.24, 2.45) is 0 Å². The van der Waals surface area contributed by atoms with Gasteiger partial charge in [0, 0.05) is 11.7 Å². The summed E-state index contributed by atoms with van der Waals surface area (Å²) in [5, 5.41) is 3.63. The molecule has 2 aromatic rings. The van der Waals surface area contributed by atoms with Gasteiger partial charge >= 0.3 is 0 Å². The van der Waals surface area contributed by atoms with Crippen LogP contribution in [0.1, 0.15) is 48.6 Å². The van der Waals surface area contributed by atoms with E-state index in [2.05, 4.69) is 61.6 Å². The van der Waals surface area contributed by atoms with E-state index in [1.807, 2.05) is 0 Å². The Hall–Kier alpha value is -1.76. The second-order valence-corrected chi connectivity index (χ2v) is 5.80. The lowest BCUT2D eigenvalue weighted by Gasteiger charge is -2.17. The molecule has 0 fully saturated rings. The molecule has 1 nitrogen and oxygen atoms in total. The minimum Gasteiger partial charge on any atom is -0.379 e. The van der Waals surface area contributed by atoms with Gasteiger partial charge in [0.1, 0.15) is 0 Å². The van der Waals surface area contributed by atoms with Gasteiger partial charge in [-0.3, -0.25) is 0 Å². The quantitative estimate of drug-likeness (QED) is 0.828. The third-order valence-corrected chi connectivity index (χ3v) is 4.37. The molecular weight excluding hydrogens is 242 g/mol. The van der Waals surface area contributed by atoms with Crippen LogP contribution in [-0.2, 0) is 19.3 Å². The normalized spacial score (nSPS) is 14.9. The van der Waals surface area contributed by atoms with Gasteiger partial charge in [0.2, 0.25) is 0 Å². The van der Waals surface area contributed by atoms with Gasteiger partial charge < -0.3 is 5.32 Å². The number of fused-ring (bicyclic) bond motifs is 1. The molecule has 0 saturated carbocycles. The fourth-order valence-electron chi connectivity index (χ4n) is 3.04. The monoisotopic (exact) mass is 265 g/mol. The lowest BCUT2D eigenvalue weighted by molar-refractivity contribution is 0.881. The molecule has 1 aliphatic rings. The summed E-state index contributed by atoms with van der Waals surface area (Å²) in [6.07, 6.45) is 4.91. The van der Waals surface area contributed by atoms with Gasteiger partial charge in [0.25, 0.3) is 0 Å². The van der Waals surface area contributed by atoms with Crippen LogP contribution in [-0.4, -0.2) is 0 Å². The summed E-state index contributed by atoms with van der Waals surface area (Å²) >= 11 is 0. The average molecular weight is 265 g/mol. The lowest BCUT2D eigenvalue weighted by atomic mass is 10.0. The highest BCUT2D eigenvalue weighted by Crippen LogP contribution is 2.27. The molecule has 0 saturated heterocycles. The summed E-state index contributed by atoms with van der Waals surface area (Å²) in [5.74, 6) is 0. The van der Waals surface area contributed by atoms with Crippen LogP contribution in [0.25, 0.3) is 0 Å². The Balaban J connectivity index is 1.73. The van der Waals surface area contributed by atoms with E-state index in [0.29, 0.717) is 6.04 Å². The van der Waals surface area contributed by atoms with Gasteiger partial charge in [-0.1, -0.05) is 37.3 Å². The zero-order valence-corrected chi connectivity index (χ0v) is 12.4. The number of rotatable bonds is 4. The Bertz CT molecular complexity index is 583. The molecule has 1 heteroatoms. The van der Waals surface area contributed by atoms with Crippen LogP contribution in [0.15, 0.2) is 42.5 Å². The number of hydrogen-bond acceptors (Lipinski definition) is 1. The molecule has 104 valence electrons. The maximum absolute atomic E-state index is 3.63. The van der Waals surface area contributed by atoms with E-state index in [4.69, 9.17) is 0 Å². The fourth-order valence-corrected chi connectivity index (χ4v) is 3.04. The van der Waals surface area contributed by atoms with E-state index < -0.39 is 0 Å². The van der Waals surface area contributed by atoms with Crippen molar-refractivity contribution in [1.29, 1.82) is 0 Å². The van der Waals surface area contributed by atoms with Crippen LogP contribution in [0.3, 0.4) is 0 Å². The number of nitrogens with one attached hydrogen (secondary N) is 1. The smallest absolute Gasteiger partial charge is 0.0485 e. The first-order chi connectivity index (χ1) is 9.76. The lowest BCUT2D eigenvalue weighted by Crippen LogP contribution is -2.07. The highest BCUT2D eigenvalue weighted by Gasteiger charge is 2.12. The first-order valence-electron chi connectivity index (χ1n) is 7.73. The van der Waals surface area contributed by atoms with E-state index in [0.717, 1.165) is 6.42 Å². The van der Waals surface area contributed by atoms with Crippen molar-refractivity contribution in [2.75, 3.05) is 5.32 Å². The molecule has 1 N–H and O–H groups in total. The highest BCUT2D eigenvalue weighted by atomic mass is 14.9. The zero-order valence-electron chi connectivity index (χ0n) is 12.4. The fraction of sp³-hybridized carbons (Fsp3) is 0.368. The summed E-state index contributed by atoms with van der Waals surface area (Å²) in [4.78, 5) is 0. The van der Waals surface area contributed by atoms with Crippen LogP contribution in [0.4, 0.5) is 5.69 Å². The van der Waals surface area contributed by atoms with Gasteiger partial charge in [0.15, 0.2) is 0 Å². The molecule has 0 spiro atoms. The minimum atomic E-state index is 0.348. The number of anilines is 1. The predicted molar refractivity (Wildman–Crippen MR) is 86.3 cm³/mol. The third kappa shape index (κ3) is 2.72. The molecule has 0 amide bonds. The molecule has 1 atom stereocenters. The molecule has 20 heavy (non-hydrogen) atoms. The molecule has 2 aromatic carbocycles. The van der Waals surface area contributed by atoms with Crippen molar-refractivity contribution < 1.29 is 0 Å². The van der Waals surface area contributed by atoms with Crippen LogP contribution in [0, 0.1) is 0 Å². The maximum Gasteiger partial charge on any atom is 0.0485 e. The van der Waals surface area contributed by atoms with Gasteiger partial charge in [-0.05, 0) is 67.0 Å². The molecular formula is C19H23N. The van der Waals surface area contributed by atoms with Crippen LogP contribution >= 0.6 is 0 Å². The number of aryl methyl sites for hydroxylation is 3. The SMILES string of the molecule is CCc1ccc(C(C)Nc2ccc3c(c2)CCC3)cc1. The first-order valence-corrected chi connectivity index (χ1v) is 7.73. The van der Waals surface area contributed by atoms with Crippen molar-refractivity contribution in [3.63, 3.8) is 0 Å². The van der Waals surface area contributed by atoms with Crippen molar-refractivity contribution in [3.05, 3.63) is 64.7 Å². The van der Waals surface area contributed by atoms with Gasteiger partial charge in [0.05, 0.1) is 0 Å². The molecule has 1 aliphatic carbocycles. The van der Waals surface area contributed by atoms with E-state index in [1.165, 1.54) is 47.2 Å². The Morgan fingerprint density at radius 2 is 1.75 bits per heavy atom. The van der Waals surface area contributed by atoms with E-state index >= 15 is 0 Å². The maximum atomic E-state index is 3.63. The summed E-state index contributed by atoms with van der Waals surface area (Å²) in [6.45, 7) is 4.43. The first kappa shape index (κ1) is 13.2. The highest BCUT2D eigenvalue weighted by molar-refractivity contribution is 5.51. The zero-order chi connectivity index (χ0) is 13.9. The Kier molecular flexibility index (Phi) is 3.77. The van der Waals surface area contributed by atoms with Gasteiger partial charge in [-0.25, -0.2) is 0 Å². The number of benzene rings is 2. The number of hydrogen-bond donors (Lipinski definition) is 1. The molecule has 0 aromatic heterocycles. The molecule has 0 bridgehead atoms. The summed E-state index contributed by atoms with van der Waals surface area (Å²) in [6, 6.07) is 16.1. The summed E-state index contributed by atoms with van der Waals surface area (Å²) in [7, 11) is 0. The summed E-state index contributed by atoms with van der Waals surface area (Å²) in [5.41, 5.74) is 7.07. The second kappa shape index (κ2) is 5.70. The van der Waals surface area contributed by atoms with Crippen LogP contribution < -0.4 is 5.32 Å². The standard InChI is InChI=1S/C19H23N/c1-3-15-7-9-16(10-8-15)14(2)20-19-12-11-17-5-4-6-18(17)13-19/h7-14,20H,3-6H2,1-2H3. The van der Waals surface area contributed by atoms with Crippen LogP contribution in [0.2, 0.25) is 0 Å². The van der Waals surface area contributed by atoms with E-state index in [1.54, 1.807) is 0 Å². The van der Waals surface area contributed by atoms with E-state index in [9.17, 15) is 0 Å². The Morgan fingerprint density at radius 1 is 1.00 bits per heavy atom. The third-order valence-electron chi connectivity index (χ3n) is 4.37. The molecule has 3 rings (SSSR count). The second-order valence-electron chi connectivity index (χ2n) is 5.80. The molecule has 0 radical (unpaired) electrons. The van der Waals surface area contributed by atoms with Gasteiger partial charge in [-0.2, -0.15) is 0 Å². The average Bonchev–Trinajstić information content (AvgIpc) is 2.95. The van der Waals surface area contributed by atoms with Crippen LogP contribution in [0.5, 0.6) is 0 Å². The van der Waals surface area contributed by atoms with Crippen molar-refractivity contribution >= 4 is 5.69 Å². The summed E-state index contributed by atoms with van der Waals surface area (Å²) < 4.78 is 0. The topological polar surface area (TPSA) is 12.0 Å². The Morgan fingerprint density at radius 3 is 2.50 bits per heavy atom. The largest absolute Gasteiger partial charge is 0.379 e. The van der Waals surface area contributed by atoms with Crippen molar-refractivity contribution in [2.45, 2.75) is 45.6 Å². The molecule has 1 unspecified atom stereocenters.